The molecule has 1 N–H and O–H groups in total. The maximum absolute atomic E-state index is 11.1. The molecule has 1 saturated carbocycles. The number of hydrogen-bond acceptors (Lipinski definition) is 2. The Morgan fingerprint density at radius 3 is 2.67 bits per heavy atom. The van der Waals surface area contributed by atoms with E-state index < -0.39 is 11.4 Å². The van der Waals surface area contributed by atoms with Gasteiger partial charge in [0.15, 0.2) is 0 Å². The SMILES string of the molecule is O=C(O)C1(Cc2ccc(Br)cn2)CCC1. The molecule has 2 rings (SSSR count). The van der Waals surface area contributed by atoms with E-state index in [-0.39, 0.29) is 0 Å². The molecular formula is C11H12BrNO2. The quantitative estimate of drug-likeness (QED) is 0.918. The predicted molar refractivity (Wildman–Crippen MR) is 59.6 cm³/mol. The van der Waals surface area contributed by atoms with Gasteiger partial charge in [0.05, 0.1) is 5.41 Å². The largest absolute Gasteiger partial charge is 0.481 e. The fourth-order valence-corrected chi connectivity index (χ4v) is 2.16. The standard InChI is InChI=1S/C11H12BrNO2/c12-8-2-3-9(13-7-8)6-11(10(14)15)4-1-5-11/h2-3,7H,1,4-6H2,(H,14,15). The second-order valence-corrected chi connectivity index (χ2v) is 5.00. The van der Waals surface area contributed by atoms with Crippen LogP contribution >= 0.6 is 15.9 Å². The summed E-state index contributed by atoms with van der Waals surface area (Å²) in [6, 6.07) is 3.78. The van der Waals surface area contributed by atoms with Crippen molar-refractivity contribution in [2.75, 3.05) is 0 Å². The zero-order valence-corrected chi connectivity index (χ0v) is 9.83. The molecule has 0 unspecified atom stereocenters. The van der Waals surface area contributed by atoms with Crippen LogP contribution in [0.25, 0.3) is 0 Å². The second kappa shape index (κ2) is 3.93. The highest BCUT2D eigenvalue weighted by Crippen LogP contribution is 2.43. The Morgan fingerprint density at radius 2 is 2.27 bits per heavy atom. The Balaban J connectivity index is 2.13. The van der Waals surface area contributed by atoms with Crippen LogP contribution in [0.4, 0.5) is 0 Å². The number of nitrogens with zero attached hydrogens (tertiary/aromatic N) is 1. The van der Waals surface area contributed by atoms with Crippen molar-refractivity contribution >= 4 is 21.9 Å². The zero-order chi connectivity index (χ0) is 10.9. The molecule has 0 amide bonds. The van der Waals surface area contributed by atoms with Gasteiger partial charge in [-0.3, -0.25) is 9.78 Å². The molecule has 1 heterocycles. The van der Waals surface area contributed by atoms with Crippen LogP contribution in [0.5, 0.6) is 0 Å². The van der Waals surface area contributed by atoms with Crippen molar-refractivity contribution in [3.8, 4) is 0 Å². The van der Waals surface area contributed by atoms with Gasteiger partial charge in [0, 0.05) is 22.8 Å². The average Bonchev–Trinajstić information content (AvgIpc) is 2.13. The van der Waals surface area contributed by atoms with Crippen LogP contribution in [0.15, 0.2) is 22.8 Å². The van der Waals surface area contributed by atoms with Gasteiger partial charge in [-0.2, -0.15) is 0 Å². The van der Waals surface area contributed by atoms with Crippen molar-refractivity contribution in [1.29, 1.82) is 0 Å². The van der Waals surface area contributed by atoms with E-state index in [2.05, 4.69) is 20.9 Å². The molecule has 0 atom stereocenters. The molecule has 1 aliphatic rings. The lowest BCUT2D eigenvalue weighted by Crippen LogP contribution is -2.40. The van der Waals surface area contributed by atoms with Crippen LogP contribution in [0.1, 0.15) is 25.0 Å². The summed E-state index contributed by atoms with van der Waals surface area (Å²) in [6.45, 7) is 0. The van der Waals surface area contributed by atoms with Gasteiger partial charge in [-0.1, -0.05) is 6.42 Å². The number of carbonyl (C=O) groups is 1. The minimum absolute atomic E-state index is 0.541. The van der Waals surface area contributed by atoms with Gasteiger partial charge in [-0.05, 0) is 40.9 Å². The van der Waals surface area contributed by atoms with Crippen LogP contribution in [-0.2, 0) is 11.2 Å². The fourth-order valence-electron chi connectivity index (χ4n) is 1.93. The summed E-state index contributed by atoms with van der Waals surface area (Å²) in [4.78, 5) is 15.4. The summed E-state index contributed by atoms with van der Waals surface area (Å²) >= 11 is 3.31. The minimum Gasteiger partial charge on any atom is -0.481 e. The third-order valence-electron chi connectivity index (χ3n) is 3.07. The first-order valence-corrected chi connectivity index (χ1v) is 5.76. The second-order valence-electron chi connectivity index (χ2n) is 4.08. The van der Waals surface area contributed by atoms with E-state index in [4.69, 9.17) is 5.11 Å². The maximum atomic E-state index is 11.1. The first-order chi connectivity index (χ1) is 7.12. The molecule has 15 heavy (non-hydrogen) atoms. The van der Waals surface area contributed by atoms with Crippen LogP contribution in [0.3, 0.4) is 0 Å². The van der Waals surface area contributed by atoms with Gasteiger partial charge >= 0.3 is 5.97 Å². The number of halogens is 1. The van der Waals surface area contributed by atoms with E-state index in [1.807, 2.05) is 12.1 Å². The molecule has 1 aromatic heterocycles. The molecule has 0 radical (unpaired) electrons. The summed E-state index contributed by atoms with van der Waals surface area (Å²) in [7, 11) is 0. The van der Waals surface area contributed by atoms with Crippen LogP contribution in [0.2, 0.25) is 0 Å². The third kappa shape index (κ3) is 2.04. The number of pyridine rings is 1. The van der Waals surface area contributed by atoms with Crippen molar-refractivity contribution < 1.29 is 9.90 Å². The lowest BCUT2D eigenvalue weighted by molar-refractivity contribution is -0.154. The van der Waals surface area contributed by atoms with E-state index in [0.717, 1.165) is 29.4 Å². The van der Waals surface area contributed by atoms with Gasteiger partial charge in [-0.15, -0.1) is 0 Å². The van der Waals surface area contributed by atoms with Crippen molar-refractivity contribution in [3.63, 3.8) is 0 Å². The molecule has 1 fully saturated rings. The normalized spacial score (nSPS) is 18.2. The minimum atomic E-state index is -0.682. The van der Waals surface area contributed by atoms with Gasteiger partial charge < -0.3 is 5.11 Å². The maximum Gasteiger partial charge on any atom is 0.310 e. The summed E-state index contributed by atoms with van der Waals surface area (Å²) in [5, 5.41) is 9.16. The smallest absolute Gasteiger partial charge is 0.310 e. The molecule has 0 saturated heterocycles. The van der Waals surface area contributed by atoms with Gasteiger partial charge in [0.1, 0.15) is 0 Å². The molecule has 1 aromatic rings. The van der Waals surface area contributed by atoms with Crippen molar-refractivity contribution in [1.82, 2.24) is 4.98 Å². The summed E-state index contributed by atoms with van der Waals surface area (Å²) in [5.41, 5.74) is 0.321. The highest BCUT2D eigenvalue weighted by atomic mass is 79.9. The molecular weight excluding hydrogens is 258 g/mol. The Morgan fingerprint density at radius 1 is 1.53 bits per heavy atom. The molecule has 3 nitrogen and oxygen atoms in total. The van der Waals surface area contributed by atoms with Crippen molar-refractivity contribution in [3.05, 3.63) is 28.5 Å². The van der Waals surface area contributed by atoms with E-state index >= 15 is 0 Å². The molecule has 4 heteroatoms. The number of hydrogen-bond donors (Lipinski definition) is 1. The van der Waals surface area contributed by atoms with Gasteiger partial charge in [0.25, 0.3) is 0 Å². The molecule has 0 aromatic carbocycles. The first-order valence-electron chi connectivity index (χ1n) is 4.96. The lowest BCUT2D eigenvalue weighted by Gasteiger charge is -2.37. The highest BCUT2D eigenvalue weighted by molar-refractivity contribution is 9.10. The summed E-state index contributed by atoms with van der Waals surface area (Å²) in [5.74, 6) is -0.682. The summed E-state index contributed by atoms with van der Waals surface area (Å²) < 4.78 is 0.921. The number of carboxylic acids is 1. The Kier molecular flexibility index (Phi) is 2.78. The van der Waals surface area contributed by atoms with Crippen molar-refractivity contribution in [2.24, 2.45) is 5.41 Å². The topological polar surface area (TPSA) is 50.2 Å². The third-order valence-corrected chi connectivity index (χ3v) is 3.54. The van der Waals surface area contributed by atoms with E-state index in [1.54, 1.807) is 6.20 Å². The highest BCUT2D eigenvalue weighted by Gasteiger charge is 2.44. The number of rotatable bonds is 3. The summed E-state index contributed by atoms with van der Waals surface area (Å²) in [6.07, 6.45) is 4.84. The van der Waals surface area contributed by atoms with E-state index in [9.17, 15) is 4.79 Å². The van der Waals surface area contributed by atoms with Crippen LogP contribution in [0, 0.1) is 5.41 Å². The molecule has 80 valence electrons. The van der Waals surface area contributed by atoms with E-state index in [0.29, 0.717) is 6.42 Å². The fraction of sp³-hybridized carbons (Fsp3) is 0.455. The number of aliphatic carboxylic acids is 1. The molecule has 0 bridgehead atoms. The molecule has 1 aliphatic carbocycles. The van der Waals surface area contributed by atoms with Crippen LogP contribution < -0.4 is 0 Å². The predicted octanol–water partition coefficient (Wildman–Crippen LogP) is 2.64. The average molecular weight is 270 g/mol. The monoisotopic (exact) mass is 269 g/mol. The Labute approximate surface area is 96.7 Å². The first kappa shape index (κ1) is 10.6. The van der Waals surface area contributed by atoms with Crippen molar-refractivity contribution in [2.45, 2.75) is 25.7 Å². The van der Waals surface area contributed by atoms with Crippen LogP contribution in [-0.4, -0.2) is 16.1 Å². The molecule has 0 spiro atoms. The number of aromatic nitrogens is 1. The number of carboxylic acid groups (broad SMARTS) is 1. The Bertz CT molecular complexity index is 371. The van der Waals surface area contributed by atoms with Gasteiger partial charge in [-0.25, -0.2) is 0 Å². The molecule has 0 aliphatic heterocycles. The Hall–Kier alpha value is -0.900. The lowest BCUT2D eigenvalue weighted by atomic mass is 9.66. The zero-order valence-electron chi connectivity index (χ0n) is 8.24. The van der Waals surface area contributed by atoms with Gasteiger partial charge in [0.2, 0.25) is 0 Å². The van der Waals surface area contributed by atoms with E-state index in [1.165, 1.54) is 0 Å².